The van der Waals surface area contributed by atoms with Gasteiger partial charge in [0.1, 0.15) is 11.9 Å². The van der Waals surface area contributed by atoms with Gasteiger partial charge in [0.15, 0.2) is 0 Å². The molecular formula is C17H19N5O3. The topological polar surface area (TPSA) is 83.9 Å². The summed E-state index contributed by atoms with van der Waals surface area (Å²) < 4.78 is 9.55. The normalized spacial score (nSPS) is 16.8. The lowest BCUT2D eigenvalue weighted by atomic mass is 10.1. The molecule has 0 saturated carbocycles. The summed E-state index contributed by atoms with van der Waals surface area (Å²) in [6.45, 7) is 0.359. The van der Waals surface area contributed by atoms with Gasteiger partial charge in [-0.05, 0) is 30.5 Å². The van der Waals surface area contributed by atoms with E-state index < -0.39 is 6.04 Å². The van der Waals surface area contributed by atoms with Crippen LogP contribution >= 0.6 is 0 Å². The van der Waals surface area contributed by atoms with Crippen molar-refractivity contribution in [3.63, 3.8) is 0 Å². The zero-order valence-corrected chi connectivity index (χ0v) is 14.2. The highest BCUT2D eigenvalue weighted by molar-refractivity contribution is 5.79. The summed E-state index contributed by atoms with van der Waals surface area (Å²) >= 11 is 0. The van der Waals surface area contributed by atoms with Gasteiger partial charge in [0.2, 0.25) is 0 Å². The molecule has 0 aliphatic carbocycles. The van der Waals surface area contributed by atoms with E-state index in [-0.39, 0.29) is 11.7 Å². The van der Waals surface area contributed by atoms with E-state index in [0.717, 1.165) is 22.9 Å². The number of rotatable bonds is 3. The first-order valence-electron chi connectivity index (χ1n) is 8.25. The van der Waals surface area contributed by atoms with Crippen molar-refractivity contribution in [1.82, 2.24) is 24.1 Å². The molecule has 1 aliphatic heterocycles. The zero-order chi connectivity index (χ0) is 17.6. The molecule has 2 aromatic heterocycles. The van der Waals surface area contributed by atoms with Crippen molar-refractivity contribution in [2.24, 2.45) is 7.05 Å². The molecule has 130 valence electrons. The second-order valence-corrected chi connectivity index (χ2v) is 6.32. The number of aryl methyl sites for hydroxylation is 2. The van der Waals surface area contributed by atoms with Gasteiger partial charge in [-0.15, -0.1) is 0 Å². The van der Waals surface area contributed by atoms with Crippen LogP contribution in [-0.4, -0.2) is 37.2 Å². The molecule has 0 spiro atoms. The highest BCUT2D eigenvalue weighted by atomic mass is 16.5. The van der Waals surface area contributed by atoms with Crippen molar-refractivity contribution in [1.29, 1.82) is 0 Å². The van der Waals surface area contributed by atoms with Gasteiger partial charge < -0.3 is 4.74 Å². The number of hydrogen-bond donors (Lipinski definition) is 0. The number of hydrogen-bond acceptors (Lipinski definition) is 5. The van der Waals surface area contributed by atoms with E-state index in [1.54, 1.807) is 6.20 Å². The average Bonchev–Trinajstić information content (AvgIpc) is 3.15. The van der Waals surface area contributed by atoms with Gasteiger partial charge in [-0.1, -0.05) is 6.07 Å². The maximum atomic E-state index is 12.8. The third kappa shape index (κ3) is 2.54. The molecule has 0 amide bonds. The Morgan fingerprint density at radius 2 is 2.24 bits per heavy atom. The summed E-state index contributed by atoms with van der Waals surface area (Å²) in [5.74, 6) is 0.258. The second-order valence-electron chi connectivity index (χ2n) is 6.32. The molecule has 8 heteroatoms. The SMILES string of the molecule is COC(=O)[C@H]1CCCc2nn(Cc3ccc4c(cnn4C)c3)c(=O)n21. The smallest absolute Gasteiger partial charge is 0.347 e. The van der Waals surface area contributed by atoms with Crippen molar-refractivity contribution < 1.29 is 9.53 Å². The molecule has 8 nitrogen and oxygen atoms in total. The van der Waals surface area contributed by atoms with Crippen LogP contribution < -0.4 is 5.69 Å². The third-order valence-electron chi connectivity index (χ3n) is 4.75. The lowest BCUT2D eigenvalue weighted by molar-refractivity contribution is -0.145. The molecule has 0 saturated heterocycles. The molecule has 0 N–H and O–H groups in total. The van der Waals surface area contributed by atoms with E-state index in [1.165, 1.54) is 16.4 Å². The number of fused-ring (bicyclic) bond motifs is 2. The molecule has 1 aromatic carbocycles. The monoisotopic (exact) mass is 341 g/mol. The second kappa shape index (κ2) is 5.87. The predicted octanol–water partition coefficient (Wildman–Crippen LogP) is 1.03. The molecule has 0 fully saturated rings. The number of ether oxygens (including phenoxy) is 1. The van der Waals surface area contributed by atoms with Crippen LogP contribution in [0.25, 0.3) is 10.9 Å². The van der Waals surface area contributed by atoms with Crippen LogP contribution in [-0.2, 0) is 29.5 Å². The van der Waals surface area contributed by atoms with Crippen LogP contribution in [0.5, 0.6) is 0 Å². The minimum atomic E-state index is -0.573. The quantitative estimate of drug-likeness (QED) is 0.665. The summed E-state index contributed by atoms with van der Waals surface area (Å²) in [7, 11) is 3.23. The average molecular weight is 341 g/mol. The lowest BCUT2D eigenvalue weighted by Crippen LogP contribution is -2.35. The lowest BCUT2D eigenvalue weighted by Gasteiger charge is -2.20. The largest absolute Gasteiger partial charge is 0.467 e. The van der Waals surface area contributed by atoms with Gasteiger partial charge in [-0.3, -0.25) is 9.25 Å². The van der Waals surface area contributed by atoms with Crippen LogP contribution in [0, 0.1) is 0 Å². The summed E-state index contributed by atoms with van der Waals surface area (Å²) in [6.07, 6.45) is 3.91. The molecule has 4 rings (SSSR count). The Balaban J connectivity index is 1.70. The number of methoxy groups -OCH3 is 1. The Morgan fingerprint density at radius 3 is 3.04 bits per heavy atom. The van der Waals surface area contributed by atoms with E-state index in [0.29, 0.717) is 25.2 Å². The van der Waals surface area contributed by atoms with Gasteiger partial charge >= 0.3 is 11.7 Å². The fourth-order valence-corrected chi connectivity index (χ4v) is 3.48. The van der Waals surface area contributed by atoms with Gasteiger partial charge in [0.25, 0.3) is 0 Å². The van der Waals surface area contributed by atoms with Crippen molar-refractivity contribution in [2.45, 2.75) is 31.8 Å². The highest BCUT2D eigenvalue weighted by Crippen LogP contribution is 2.23. The highest BCUT2D eigenvalue weighted by Gasteiger charge is 2.31. The minimum Gasteiger partial charge on any atom is -0.467 e. The Hall–Kier alpha value is -2.90. The Labute approximate surface area is 143 Å². The van der Waals surface area contributed by atoms with Gasteiger partial charge in [-0.2, -0.15) is 10.2 Å². The third-order valence-corrected chi connectivity index (χ3v) is 4.75. The summed E-state index contributed by atoms with van der Waals surface area (Å²) in [5.41, 5.74) is 1.73. The molecule has 1 aliphatic rings. The fraction of sp³-hybridized carbons (Fsp3) is 0.412. The summed E-state index contributed by atoms with van der Waals surface area (Å²) in [4.78, 5) is 24.7. The Morgan fingerprint density at radius 1 is 1.40 bits per heavy atom. The number of carbonyl (C=O) groups excluding carboxylic acids is 1. The number of esters is 1. The van der Waals surface area contributed by atoms with Crippen molar-refractivity contribution in [2.75, 3.05) is 7.11 Å². The summed E-state index contributed by atoms with van der Waals surface area (Å²) in [6, 6.07) is 5.38. The maximum absolute atomic E-state index is 12.8. The molecular weight excluding hydrogens is 322 g/mol. The summed E-state index contributed by atoms with van der Waals surface area (Å²) in [5, 5.41) is 9.68. The first kappa shape index (κ1) is 15.6. The van der Waals surface area contributed by atoms with Gasteiger partial charge in [0, 0.05) is 18.9 Å². The minimum absolute atomic E-state index is 0.267. The first-order chi connectivity index (χ1) is 12.1. The van der Waals surface area contributed by atoms with Gasteiger partial charge in [-0.25, -0.2) is 14.3 Å². The van der Waals surface area contributed by atoms with E-state index in [1.807, 2.05) is 29.9 Å². The molecule has 3 heterocycles. The van der Waals surface area contributed by atoms with E-state index >= 15 is 0 Å². The standard InChI is InChI=1S/C17H19N5O3/c1-20-13-7-6-11(8-12(13)9-18-20)10-21-17(24)22-14(16(23)25-2)4-3-5-15(22)19-21/h6-9,14H,3-5,10H2,1-2H3/t14-/m1/s1. The molecule has 25 heavy (non-hydrogen) atoms. The molecule has 0 unspecified atom stereocenters. The maximum Gasteiger partial charge on any atom is 0.347 e. The van der Waals surface area contributed by atoms with Gasteiger partial charge in [0.05, 0.1) is 25.4 Å². The number of benzene rings is 1. The Bertz CT molecular complexity index is 1010. The fourth-order valence-electron chi connectivity index (χ4n) is 3.48. The number of nitrogens with zero attached hydrogens (tertiary/aromatic N) is 5. The van der Waals surface area contributed by atoms with Crippen LogP contribution in [0.3, 0.4) is 0 Å². The first-order valence-corrected chi connectivity index (χ1v) is 8.25. The zero-order valence-electron chi connectivity index (χ0n) is 14.2. The molecule has 1 atom stereocenters. The number of carbonyl (C=O) groups is 1. The Kier molecular flexibility index (Phi) is 3.67. The van der Waals surface area contributed by atoms with Crippen LogP contribution in [0.15, 0.2) is 29.2 Å². The number of aromatic nitrogens is 5. The molecule has 0 bridgehead atoms. The molecule has 0 radical (unpaired) electrons. The van der Waals surface area contributed by atoms with E-state index in [2.05, 4.69) is 10.2 Å². The predicted molar refractivity (Wildman–Crippen MR) is 90.3 cm³/mol. The van der Waals surface area contributed by atoms with Crippen molar-refractivity contribution in [3.05, 3.63) is 46.3 Å². The van der Waals surface area contributed by atoms with Crippen molar-refractivity contribution in [3.8, 4) is 0 Å². The van der Waals surface area contributed by atoms with Crippen LogP contribution in [0.4, 0.5) is 0 Å². The molecule has 3 aromatic rings. The van der Waals surface area contributed by atoms with E-state index in [4.69, 9.17) is 4.74 Å². The van der Waals surface area contributed by atoms with Crippen LogP contribution in [0.2, 0.25) is 0 Å². The van der Waals surface area contributed by atoms with Crippen LogP contribution in [0.1, 0.15) is 30.3 Å². The van der Waals surface area contributed by atoms with Crippen molar-refractivity contribution >= 4 is 16.9 Å². The van der Waals surface area contributed by atoms with E-state index in [9.17, 15) is 9.59 Å².